The van der Waals surface area contributed by atoms with E-state index in [4.69, 9.17) is 9.15 Å². The molecule has 0 radical (unpaired) electrons. The van der Waals surface area contributed by atoms with Gasteiger partial charge >= 0.3 is 12.1 Å². The van der Waals surface area contributed by atoms with Crippen LogP contribution < -0.4 is 16.0 Å². The van der Waals surface area contributed by atoms with E-state index < -0.39 is 0 Å². The van der Waals surface area contributed by atoms with Gasteiger partial charge in [-0.3, -0.25) is 4.90 Å². The summed E-state index contributed by atoms with van der Waals surface area (Å²) >= 11 is 0. The third-order valence-electron chi connectivity index (χ3n) is 5.32. The molecule has 1 aliphatic heterocycles. The van der Waals surface area contributed by atoms with Gasteiger partial charge in [0, 0.05) is 37.6 Å². The van der Waals surface area contributed by atoms with Crippen LogP contribution >= 0.6 is 0 Å². The number of allylic oxidation sites excluding steroid dienone is 4. The Morgan fingerprint density at radius 1 is 1.25 bits per heavy atom. The molecule has 1 aromatic rings. The van der Waals surface area contributed by atoms with Crippen LogP contribution in [0.5, 0.6) is 0 Å². The number of likely N-dealkylation sites (tertiary alicyclic amines) is 1. The molecule has 2 heterocycles. The van der Waals surface area contributed by atoms with Crippen molar-refractivity contribution in [2.24, 2.45) is 5.92 Å². The first-order chi connectivity index (χ1) is 15.2. The van der Waals surface area contributed by atoms with Crippen LogP contribution in [-0.4, -0.2) is 55.7 Å². The minimum absolute atomic E-state index is 0.107. The van der Waals surface area contributed by atoms with Gasteiger partial charge < -0.3 is 19.4 Å². The van der Waals surface area contributed by atoms with E-state index in [9.17, 15) is 9.59 Å². The molecule has 0 aliphatic carbocycles. The van der Waals surface area contributed by atoms with Crippen molar-refractivity contribution in [2.45, 2.75) is 6.42 Å². The van der Waals surface area contributed by atoms with E-state index in [1.807, 2.05) is 6.08 Å². The van der Waals surface area contributed by atoms with Gasteiger partial charge in [-0.15, -0.1) is 0 Å². The lowest BCUT2D eigenvalue weighted by molar-refractivity contribution is 0.131. The predicted octanol–water partition coefficient (Wildman–Crippen LogP) is 2.94. The van der Waals surface area contributed by atoms with Crippen molar-refractivity contribution in [1.29, 1.82) is 0 Å². The fourth-order valence-corrected chi connectivity index (χ4v) is 3.32. The number of hydrogen-bond acceptors (Lipinski definition) is 4. The molecule has 7 nitrogen and oxygen atoms in total. The van der Waals surface area contributed by atoms with E-state index in [-0.39, 0.29) is 18.0 Å². The van der Waals surface area contributed by atoms with Crippen LogP contribution in [-0.2, 0) is 4.74 Å². The van der Waals surface area contributed by atoms with Gasteiger partial charge in [0.15, 0.2) is 0 Å². The van der Waals surface area contributed by atoms with Gasteiger partial charge in [-0.2, -0.15) is 0 Å². The van der Waals surface area contributed by atoms with Crippen LogP contribution in [0.3, 0.4) is 0 Å². The lowest BCUT2D eigenvalue weighted by atomic mass is 10.0. The van der Waals surface area contributed by atoms with Crippen LogP contribution in [0.1, 0.15) is 6.42 Å². The second-order valence-electron chi connectivity index (χ2n) is 7.54. The van der Waals surface area contributed by atoms with E-state index >= 15 is 0 Å². The van der Waals surface area contributed by atoms with E-state index in [1.165, 1.54) is 7.11 Å². The van der Waals surface area contributed by atoms with E-state index in [2.05, 4.69) is 38.2 Å². The Kier molecular flexibility index (Phi) is 8.46. The first-order valence-corrected chi connectivity index (χ1v) is 10.2. The van der Waals surface area contributed by atoms with Crippen molar-refractivity contribution in [2.75, 3.05) is 33.8 Å². The van der Waals surface area contributed by atoms with Gasteiger partial charge in [-0.05, 0) is 41.2 Å². The summed E-state index contributed by atoms with van der Waals surface area (Å²) in [4.78, 5) is 27.4. The highest BCUT2D eigenvalue weighted by Gasteiger charge is 2.30. The first kappa shape index (κ1) is 24.5. The molecule has 2 rings (SSSR count). The summed E-state index contributed by atoms with van der Waals surface area (Å²) < 4.78 is 9.97. The molecule has 32 heavy (non-hydrogen) atoms. The summed E-state index contributed by atoms with van der Waals surface area (Å²) in [7, 11) is 2.92. The third kappa shape index (κ3) is 6.14. The molecule has 0 aromatic carbocycles. The van der Waals surface area contributed by atoms with E-state index in [0.29, 0.717) is 47.5 Å². The Bertz CT molecular complexity index is 1060. The van der Waals surface area contributed by atoms with Crippen LogP contribution in [0.25, 0.3) is 12.7 Å². The van der Waals surface area contributed by atoms with E-state index in [0.717, 1.165) is 11.6 Å². The number of furan rings is 1. The Morgan fingerprint density at radius 2 is 1.94 bits per heavy atom. The third-order valence-corrected chi connectivity index (χ3v) is 5.32. The maximum absolute atomic E-state index is 12.5. The van der Waals surface area contributed by atoms with Crippen molar-refractivity contribution in [1.82, 2.24) is 15.1 Å². The zero-order valence-electron chi connectivity index (χ0n) is 18.9. The Balaban J connectivity index is 2.05. The Labute approximate surface area is 189 Å². The predicted molar refractivity (Wildman–Crippen MR) is 127 cm³/mol. The quantitative estimate of drug-likeness (QED) is 0.635. The Morgan fingerprint density at radius 3 is 2.53 bits per heavy atom. The molecular weight excluding hydrogens is 406 g/mol. The summed E-state index contributed by atoms with van der Waals surface area (Å²) in [5.74, 6) is 0.107. The van der Waals surface area contributed by atoms with Crippen LogP contribution in [0.4, 0.5) is 9.59 Å². The number of nitrogens with one attached hydrogen (secondary N) is 1. The monoisotopic (exact) mass is 437 g/mol. The largest absolute Gasteiger partial charge is 0.465 e. The van der Waals surface area contributed by atoms with Crippen LogP contribution in [0.15, 0.2) is 77.6 Å². The number of hydrogen-bond donors (Lipinski definition) is 1. The standard InChI is InChI=1S/C25H31N3O4/c1-17(19(3)14-23-11-13-32-21(23)5)8-9-18(2)20(4)28(24(29)26-6)16-22-10-12-27(15-22)25(30)31-7/h8-9,11,13-14,22H,1-5,10,12,15-16H2,6-7H3,(H,26,29)/b9-8-,23-14-. The highest BCUT2D eigenvalue weighted by Crippen LogP contribution is 2.23. The van der Waals surface area contributed by atoms with Crippen molar-refractivity contribution in [3.63, 3.8) is 0 Å². The van der Waals surface area contributed by atoms with Gasteiger partial charge in [-0.1, -0.05) is 45.0 Å². The zero-order valence-corrected chi connectivity index (χ0v) is 18.9. The second kappa shape index (κ2) is 11.0. The van der Waals surface area contributed by atoms with Gasteiger partial charge in [0.25, 0.3) is 0 Å². The molecule has 3 amide bonds. The summed E-state index contributed by atoms with van der Waals surface area (Å²) in [6.07, 6.45) is 7.32. The number of methoxy groups -OCH3 is 1. The first-order valence-electron chi connectivity index (χ1n) is 10.2. The lowest BCUT2D eigenvalue weighted by Crippen LogP contribution is -2.41. The molecule has 1 aromatic heterocycles. The summed E-state index contributed by atoms with van der Waals surface area (Å²) in [6, 6.07) is 1.51. The number of rotatable bonds is 8. The molecule has 1 atom stereocenters. The van der Waals surface area contributed by atoms with Crippen LogP contribution in [0, 0.1) is 5.92 Å². The fourth-order valence-electron chi connectivity index (χ4n) is 3.32. The molecule has 0 saturated carbocycles. The molecule has 1 aliphatic rings. The number of carbonyl (C=O) groups excluding carboxylic acids is 2. The number of nitrogens with zero attached hydrogens (tertiary/aromatic N) is 2. The SMILES string of the molecule is C=C(/C=C\C(=C)C(=C)N(CC1CCN(C(=O)OC)C1)C(=O)NC)C(=C)/C=c1/ccoc1=C. The maximum Gasteiger partial charge on any atom is 0.409 e. The molecule has 7 heteroatoms. The molecule has 1 fully saturated rings. The Hall–Kier alpha value is -3.74. The number of urea groups is 1. The van der Waals surface area contributed by atoms with Crippen LogP contribution in [0.2, 0.25) is 0 Å². The minimum atomic E-state index is -0.359. The number of carbonyl (C=O) groups is 2. The average Bonchev–Trinajstić information content (AvgIpc) is 3.42. The topological polar surface area (TPSA) is 75.0 Å². The average molecular weight is 438 g/mol. The normalized spacial score (nSPS) is 16.1. The molecule has 0 bridgehead atoms. The number of amides is 3. The smallest absolute Gasteiger partial charge is 0.409 e. The van der Waals surface area contributed by atoms with Crippen molar-refractivity contribution >= 4 is 24.8 Å². The summed E-state index contributed by atoms with van der Waals surface area (Å²) in [5, 5.41) is 3.47. The summed E-state index contributed by atoms with van der Waals surface area (Å²) in [5.41, 5.74) is 2.96. The lowest BCUT2D eigenvalue weighted by Gasteiger charge is -2.27. The van der Waals surface area contributed by atoms with Gasteiger partial charge in [0.2, 0.25) is 0 Å². The maximum atomic E-state index is 12.5. The van der Waals surface area contributed by atoms with Crippen molar-refractivity contribution in [3.05, 3.63) is 83.8 Å². The van der Waals surface area contributed by atoms with Gasteiger partial charge in [0.05, 0.1) is 13.4 Å². The molecule has 1 N–H and O–H groups in total. The number of ether oxygens (including phenoxy) is 1. The zero-order chi connectivity index (χ0) is 23.8. The van der Waals surface area contributed by atoms with Crippen molar-refractivity contribution in [3.8, 4) is 0 Å². The fraction of sp³-hybridized carbons (Fsp3) is 0.280. The molecule has 1 unspecified atom stereocenters. The van der Waals surface area contributed by atoms with Gasteiger partial charge in [0.1, 0.15) is 5.42 Å². The van der Waals surface area contributed by atoms with Crippen molar-refractivity contribution < 1.29 is 18.7 Å². The minimum Gasteiger partial charge on any atom is -0.465 e. The second-order valence-corrected chi connectivity index (χ2v) is 7.54. The highest BCUT2D eigenvalue weighted by atomic mass is 16.5. The van der Waals surface area contributed by atoms with E-state index in [1.54, 1.807) is 41.3 Å². The van der Waals surface area contributed by atoms with Gasteiger partial charge in [-0.25, -0.2) is 9.59 Å². The molecular formula is C25H31N3O4. The highest BCUT2D eigenvalue weighted by molar-refractivity contribution is 5.77. The molecule has 170 valence electrons. The molecule has 1 saturated heterocycles. The molecule has 0 spiro atoms. The summed E-state index contributed by atoms with van der Waals surface area (Å²) in [6.45, 7) is 21.5.